The van der Waals surface area contributed by atoms with E-state index in [9.17, 15) is 5.26 Å². The Morgan fingerprint density at radius 2 is 2.25 bits per heavy atom. The highest BCUT2D eigenvalue weighted by molar-refractivity contribution is 7.99. The summed E-state index contributed by atoms with van der Waals surface area (Å²) in [6.07, 6.45) is 5.86. The zero-order chi connectivity index (χ0) is 14.8. The molecule has 1 rings (SSSR count). The highest BCUT2D eigenvalue weighted by atomic mass is 32.2. The standard InChI is InChI=1S/C15H24N4S/c1-4-9-18-15(3,12-16)8-5-6-11-20-14-17-10-7-13(2)19-14/h7,10,18H,4-6,8-9,11H2,1-3H3. The molecule has 1 aromatic heterocycles. The Morgan fingerprint density at radius 3 is 2.90 bits per heavy atom. The molecule has 0 aliphatic rings. The van der Waals surface area contributed by atoms with E-state index in [2.05, 4.69) is 28.3 Å². The lowest BCUT2D eigenvalue weighted by Gasteiger charge is -2.22. The van der Waals surface area contributed by atoms with Crippen LogP contribution in [-0.4, -0.2) is 27.8 Å². The van der Waals surface area contributed by atoms with Gasteiger partial charge in [-0.2, -0.15) is 5.26 Å². The predicted octanol–water partition coefficient (Wildman–Crippen LogP) is 3.33. The molecule has 4 nitrogen and oxygen atoms in total. The lowest BCUT2D eigenvalue weighted by Crippen LogP contribution is -2.41. The second-order valence-electron chi connectivity index (χ2n) is 5.16. The van der Waals surface area contributed by atoms with Gasteiger partial charge in [-0.25, -0.2) is 9.97 Å². The van der Waals surface area contributed by atoms with Crippen molar-refractivity contribution in [3.05, 3.63) is 18.0 Å². The first kappa shape index (κ1) is 16.9. The average molecular weight is 292 g/mol. The number of aryl methyl sites for hydroxylation is 1. The first-order valence-corrected chi connectivity index (χ1v) is 8.17. The molecule has 0 radical (unpaired) electrons. The molecule has 0 spiro atoms. The maximum atomic E-state index is 9.24. The van der Waals surface area contributed by atoms with E-state index in [0.29, 0.717) is 0 Å². The molecule has 0 amide bonds. The van der Waals surface area contributed by atoms with Gasteiger partial charge in [0.2, 0.25) is 0 Å². The van der Waals surface area contributed by atoms with Gasteiger partial charge in [-0.1, -0.05) is 18.7 Å². The van der Waals surface area contributed by atoms with Crippen LogP contribution in [0.25, 0.3) is 0 Å². The Morgan fingerprint density at radius 1 is 1.45 bits per heavy atom. The molecule has 0 fully saturated rings. The fourth-order valence-electron chi connectivity index (χ4n) is 1.82. The van der Waals surface area contributed by atoms with Crippen LogP contribution in [0.2, 0.25) is 0 Å². The predicted molar refractivity (Wildman–Crippen MR) is 83.7 cm³/mol. The molecule has 0 saturated heterocycles. The van der Waals surface area contributed by atoms with E-state index in [0.717, 1.165) is 48.8 Å². The summed E-state index contributed by atoms with van der Waals surface area (Å²) in [5.41, 5.74) is 0.615. The molecule has 0 aliphatic heterocycles. The monoisotopic (exact) mass is 292 g/mol. The molecule has 0 saturated carbocycles. The lowest BCUT2D eigenvalue weighted by molar-refractivity contribution is 0.406. The van der Waals surface area contributed by atoms with Crippen molar-refractivity contribution in [2.75, 3.05) is 12.3 Å². The van der Waals surface area contributed by atoms with Crippen molar-refractivity contribution in [2.24, 2.45) is 0 Å². The molecule has 1 N–H and O–H groups in total. The number of nitrogens with one attached hydrogen (secondary N) is 1. The Balaban J connectivity index is 2.22. The van der Waals surface area contributed by atoms with Crippen molar-refractivity contribution in [1.82, 2.24) is 15.3 Å². The van der Waals surface area contributed by atoms with Crippen LogP contribution in [0.5, 0.6) is 0 Å². The molecule has 0 aromatic carbocycles. The second kappa shape index (κ2) is 8.93. The molecule has 0 bridgehead atoms. The van der Waals surface area contributed by atoms with E-state index in [-0.39, 0.29) is 5.54 Å². The van der Waals surface area contributed by atoms with Crippen LogP contribution in [0, 0.1) is 18.3 Å². The molecule has 5 heteroatoms. The highest BCUT2D eigenvalue weighted by Gasteiger charge is 2.21. The van der Waals surface area contributed by atoms with E-state index in [4.69, 9.17) is 0 Å². The summed E-state index contributed by atoms with van der Waals surface area (Å²) < 4.78 is 0. The van der Waals surface area contributed by atoms with Gasteiger partial charge >= 0.3 is 0 Å². The first-order valence-electron chi connectivity index (χ1n) is 7.18. The van der Waals surface area contributed by atoms with Crippen LogP contribution >= 0.6 is 11.8 Å². The number of nitriles is 1. The van der Waals surface area contributed by atoms with Crippen LogP contribution in [0.15, 0.2) is 17.4 Å². The minimum Gasteiger partial charge on any atom is -0.300 e. The zero-order valence-electron chi connectivity index (χ0n) is 12.6. The Bertz CT molecular complexity index is 444. The number of hydrogen-bond acceptors (Lipinski definition) is 5. The number of aromatic nitrogens is 2. The third-order valence-electron chi connectivity index (χ3n) is 3.09. The van der Waals surface area contributed by atoms with E-state index >= 15 is 0 Å². The molecular formula is C15H24N4S. The lowest BCUT2D eigenvalue weighted by atomic mass is 9.96. The quantitative estimate of drug-likeness (QED) is 0.430. The zero-order valence-corrected chi connectivity index (χ0v) is 13.5. The van der Waals surface area contributed by atoms with E-state index in [1.54, 1.807) is 18.0 Å². The number of thioether (sulfide) groups is 1. The van der Waals surface area contributed by atoms with Gasteiger partial charge in [-0.3, -0.25) is 5.32 Å². The summed E-state index contributed by atoms with van der Waals surface area (Å²) >= 11 is 1.69. The third kappa shape index (κ3) is 6.36. The van der Waals surface area contributed by atoms with E-state index < -0.39 is 0 Å². The molecule has 0 aliphatic carbocycles. The molecule has 1 unspecified atom stereocenters. The largest absolute Gasteiger partial charge is 0.300 e. The molecule has 1 heterocycles. The summed E-state index contributed by atoms with van der Waals surface area (Å²) in [6, 6.07) is 4.29. The van der Waals surface area contributed by atoms with Gasteiger partial charge in [0.15, 0.2) is 5.16 Å². The average Bonchev–Trinajstić information content (AvgIpc) is 2.45. The molecule has 110 valence electrons. The van der Waals surface area contributed by atoms with Gasteiger partial charge in [-0.05, 0) is 52.1 Å². The van der Waals surface area contributed by atoms with Crippen molar-refractivity contribution < 1.29 is 0 Å². The fourth-order valence-corrected chi connectivity index (χ4v) is 2.70. The minimum atomic E-state index is -0.388. The van der Waals surface area contributed by atoms with Gasteiger partial charge in [0.25, 0.3) is 0 Å². The van der Waals surface area contributed by atoms with Gasteiger partial charge in [-0.15, -0.1) is 0 Å². The molecular weight excluding hydrogens is 268 g/mol. The van der Waals surface area contributed by atoms with Crippen LogP contribution in [0.1, 0.15) is 45.2 Å². The normalized spacial score (nSPS) is 13.7. The molecule has 1 atom stereocenters. The van der Waals surface area contributed by atoms with Gasteiger partial charge in [0.1, 0.15) is 5.54 Å². The number of nitrogens with zero attached hydrogens (tertiary/aromatic N) is 3. The SMILES string of the molecule is CCCNC(C)(C#N)CCCCSc1nccc(C)n1. The van der Waals surface area contributed by atoms with Crippen molar-refractivity contribution >= 4 is 11.8 Å². The Hall–Kier alpha value is -1.12. The highest BCUT2D eigenvalue weighted by Crippen LogP contribution is 2.18. The number of rotatable bonds is 9. The van der Waals surface area contributed by atoms with Crippen LogP contribution in [-0.2, 0) is 0 Å². The molecule has 1 aromatic rings. The van der Waals surface area contributed by atoms with Crippen LogP contribution in [0.4, 0.5) is 0 Å². The second-order valence-corrected chi connectivity index (χ2v) is 6.22. The van der Waals surface area contributed by atoms with E-state index in [1.165, 1.54) is 0 Å². The minimum absolute atomic E-state index is 0.388. The van der Waals surface area contributed by atoms with Gasteiger partial charge < -0.3 is 0 Å². The van der Waals surface area contributed by atoms with Crippen LogP contribution in [0.3, 0.4) is 0 Å². The maximum absolute atomic E-state index is 9.24. The van der Waals surface area contributed by atoms with Gasteiger partial charge in [0, 0.05) is 17.6 Å². The topological polar surface area (TPSA) is 61.6 Å². The van der Waals surface area contributed by atoms with Crippen molar-refractivity contribution in [3.8, 4) is 6.07 Å². The van der Waals surface area contributed by atoms with Crippen molar-refractivity contribution in [3.63, 3.8) is 0 Å². The van der Waals surface area contributed by atoms with E-state index in [1.807, 2.05) is 19.9 Å². The van der Waals surface area contributed by atoms with Crippen molar-refractivity contribution in [2.45, 2.75) is 57.1 Å². The van der Waals surface area contributed by atoms with Crippen LogP contribution < -0.4 is 5.32 Å². The first-order chi connectivity index (χ1) is 9.59. The summed E-state index contributed by atoms with van der Waals surface area (Å²) in [6.45, 7) is 6.97. The van der Waals surface area contributed by atoms with Gasteiger partial charge in [0.05, 0.1) is 6.07 Å². The maximum Gasteiger partial charge on any atom is 0.187 e. The summed E-state index contributed by atoms with van der Waals surface area (Å²) in [5, 5.41) is 13.4. The number of unbranched alkanes of at least 4 members (excludes halogenated alkanes) is 1. The Labute approximate surface area is 126 Å². The molecule has 20 heavy (non-hydrogen) atoms. The van der Waals surface area contributed by atoms with Crippen molar-refractivity contribution in [1.29, 1.82) is 5.26 Å². The fraction of sp³-hybridized carbons (Fsp3) is 0.667. The summed E-state index contributed by atoms with van der Waals surface area (Å²) in [7, 11) is 0. The summed E-state index contributed by atoms with van der Waals surface area (Å²) in [4.78, 5) is 8.59. The smallest absolute Gasteiger partial charge is 0.187 e. The number of hydrogen-bond donors (Lipinski definition) is 1. The Kier molecular flexibility index (Phi) is 7.56. The third-order valence-corrected chi connectivity index (χ3v) is 4.03. The summed E-state index contributed by atoms with van der Waals surface area (Å²) in [5.74, 6) is 0.999.